The van der Waals surface area contributed by atoms with E-state index in [9.17, 15) is 13.9 Å². The fourth-order valence-corrected chi connectivity index (χ4v) is 7.29. The number of ether oxygens (including phenoxy) is 2. The lowest BCUT2D eigenvalue weighted by Gasteiger charge is -2.56. The number of aromatic nitrogens is 1. The number of nitrogens with zero attached hydrogens (tertiary/aromatic N) is 2. The number of hydrogen-bond donors (Lipinski definition) is 2. The molecular weight excluding hydrogens is 495 g/mol. The molecule has 9 nitrogen and oxygen atoms in total. The van der Waals surface area contributed by atoms with Gasteiger partial charge in [-0.3, -0.25) is 14.1 Å². The van der Waals surface area contributed by atoms with E-state index in [1.165, 1.54) is 0 Å². The van der Waals surface area contributed by atoms with Gasteiger partial charge in [-0.2, -0.15) is 0 Å². The number of pyridine rings is 1. The van der Waals surface area contributed by atoms with Crippen molar-refractivity contribution < 1.29 is 32.7 Å². The highest BCUT2D eigenvalue weighted by Gasteiger charge is 2.56. The molecule has 0 bridgehead atoms. The second kappa shape index (κ2) is 10.1. The predicted molar refractivity (Wildman–Crippen MR) is 145 cm³/mol. The molecule has 0 radical (unpaired) electrons. The Hall–Kier alpha value is -1.21. The van der Waals surface area contributed by atoms with Crippen molar-refractivity contribution in [2.45, 2.75) is 102 Å². The van der Waals surface area contributed by atoms with Crippen LogP contribution in [-0.4, -0.2) is 79.3 Å². The van der Waals surface area contributed by atoms with Crippen LogP contribution in [0.2, 0.25) is 0 Å². The summed E-state index contributed by atoms with van der Waals surface area (Å²) in [5, 5.41) is 0. The van der Waals surface area contributed by atoms with Crippen molar-refractivity contribution in [3.8, 4) is 0 Å². The van der Waals surface area contributed by atoms with Crippen molar-refractivity contribution in [3.05, 3.63) is 24.0 Å². The van der Waals surface area contributed by atoms with Gasteiger partial charge in [-0.1, -0.05) is 6.07 Å². The first kappa shape index (κ1) is 28.8. The fourth-order valence-electron chi connectivity index (χ4n) is 5.09. The van der Waals surface area contributed by atoms with Crippen LogP contribution >= 0.6 is 10.8 Å². The third-order valence-corrected chi connectivity index (χ3v) is 10.9. The summed E-state index contributed by atoms with van der Waals surface area (Å²) >= 11 is 0. The molecule has 37 heavy (non-hydrogen) atoms. The highest BCUT2D eigenvalue weighted by atomic mass is 32.3. The van der Waals surface area contributed by atoms with Crippen molar-refractivity contribution in [1.29, 1.82) is 0 Å². The van der Waals surface area contributed by atoms with E-state index >= 15 is 0 Å². The predicted octanol–water partition coefficient (Wildman–Crippen LogP) is 4.12. The molecule has 2 N–H and O–H groups in total. The Labute approximate surface area is 223 Å². The summed E-state index contributed by atoms with van der Waals surface area (Å²) in [5.41, 5.74) is 0.307. The summed E-state index contributed by atoms with van der Waals surface area (Å²) in [7, 11) is -3.89. The number of esters is 1. The van der Waals surface area contributed by atoms with Crippen LogP contribution in [0.1, 0.15) is 85.8 Å². The third-order valence-electron chi connectivity index (χ3n) is 8.16. The molecule has 0 atom stereocenters. The fraction of sp³-hybridized carbons (Fsp3) is 0.769. The molecule has 208 valence electrons. The van der Waals surface area contributed by atoms with Gasteiger partial charge in [-0.15, -0.1) is 10.8 Å². The zero-order chi connectivity index (χ0) is 27.3. The molecule has 3 aliphatic rings. The average Bonchev–Trinajstić information content (AvgIpc) is 3.05. The van der Waals surface area contributed by atoms with Crippen LogP contribution in [0.5, 0.6) is 0 Å². The van der Waals surface area contributed by atoms with Gasteiger partial charge in [0, 0.05) is 62.4 Å². The molecule has 4 rings (SSSR count). The minimum absolute atomic E-state index is 0.186. The Morgan fingerprint density at radius 2 is 1.65 bits per heavy atom. The Morgan fingerprint density at radius 1 is 1.08 bits per heavy atom. The topological polar surface area (TPSA) is 111 Å². The first-order valence-electron chi connectivity index (χ1n) is 13.2. The van der Waals surface area contributed by atoms with Gasteiger partial charge in [0.05, 0.1) is 11.2 Å². The molecule has 0 spiro atoms. The Bertz CT molecular complexity index is 950. The van der Waals surface area contributed by atoms with Crippen LogP contribution in [0.15, 0.2) is 18.3 Å². The van der Waals surface area contributed by atoms with Gasteiger partial charge in [-0.25, -0.2) is 9.10 Å². The maximum atomic E-state index is 13.3. The lowest BCUT2D eigenvalue weighted by molar-refractivity contribution is -0.161. The molecule has 0 aromatic carbocycles. The summed E-state index contributed by atoms with van der Waals surface area (Å²) in [4.78, 5) is 18.0. The van der Waals surface area contributed by atoms with Crippen molar-refractivity contribution in [1.82, 2.24) is 9.29 Å². The van der Waals surface area contributed by atoms with E-state index in [1.807, 2.05) is 46.0 Å². The van der Waals surface area contributed by atoms with Gasteiger partial charge in [-0.05, 0) is 67.4 Å². The Kier molecular flexibility index (Phi) is 7.84. The standard InChI is InChI=1S/C26H43BN2O7S/c1-23(2,3)34-22(30)26(12-16-33-17-13-26)37(31,32)29-14-10-19(11-15-29)21-9-8-20(18-28-21)27-35-24(4,5)25(6,7)36-27/h8-9,18-19,31-32H,10-17H2,1-7H3. The highest BCUT2D eigenvalue weighted by Crippen LogP contribution is 2.61. The first-order chi connectivity index (χ1) is 17.1. The maximum absolute atomic E-state index is 13.3. The minimum Gasteiger partial charge on any atom is -0.458 e. The summed E-state index contributed by atoms with van der Waals surface area (Å²) in [5.74, 6) is -0.364. The Morgan fingerprint density at radius 3 is 2.14 bits per heavy atom. The lowest BCUT2D eigenvalue weighted by atomic mass is 9.80. The van der Waals surface area contributed by atoms with E-state index in [0.717, 1.165) is 11.2 Å². The van der Waals surface area contributed by atoms with E-state index in [-0.39, 0.29) is 18.8 Å². The van der Waals surface area contributed by atoms with E-state index < -0.39 is 45.4 Å². The van der Waals surface area contributed by atoms with Crippen molar-refractivity contribution in [3.63, 3.8) is 0 Å². The average molecular weight is 539 g/mol. The number of piperidine rings is 1. The zero-order valence-electron chi connectivity index (χ0n) is 23.3. The van der Waals surface area contributed by atoms with E-state index in [4.69, 9.17) is 23.8 Å². The molecule has 0 unspecified atom stereocenters. The number of hydrogen-bond acceptors (Lipinski definition) is 9. The van der Waals surface area contributed by atoms with E-state index in [1.54, 1.807) is 25.1 Å². The third kappa shape index (κ3) is 5.59. The van der Waals surface area contributed by atoms with E-state index in [0.29, 0.717) is 39.1 Å². The van der Waals surface area contributed by atoms with E-state index in [2.05, 4.69) is 0 Å². The summed E-state index contributed by atoms with van der Waals surface area (Å²) in [6.07, 6.45) is 3.69. The molecule has 11 heteroatoms. The van der Waals surface area contributed by atoms with Crippen LogP contribution in [0, 0.1) is 0 Å². The van der Waals surface area contributed by atoms with Crippen molar-refractivity contribution in [2.24, 2.45) is 0 Å². The molecule has 1 aromatic heterocycles. The van der Waals surface area contributed by atoms with Gasteiger partial charge in [0.2, 0.25) is 0 Å². The minimum atomic E-state index is -3.44. The SMILES string of the molecule is CC(C)(C)OC(=O)C1(S(O)(O)N2CCC(c3ccc(B4OC(C)(C)C(C)(C)O4)cn3)CC2)CCOCC1. The summed E-state index contributed by atoms with van der Waals surface area (Å²) in [6, 6.07) is 4.02. The molecule has 1 aromatic rings. The summed E-state index contributed by atoms with van der Waals surface area (Å²) < 4.78 is 46.8. The van der Waals surface area contributed by atoms with Gasteiger partial charge in [0.1, 0.15) is 5.60 Å². The quantitative estimate of drug-likeness (QED) is 0.423. The van der Waals surface area contributed by atoms with Gasteiger partial charge in [0.25, 0.3) is 0 Å². The normalized spacial score (nSPS) is 25.2. The molecule has 0 amide bonds. The molecule has 0 saturated carbocycles. The number of carbonyl (C=O) groups is 1. The molecule has 4 heterocycles. The van der Waals surface area contributed by atoms with Crippen LogP contribution in [0.4, 0.5) is 0 Å². The molecule has 3 aliphatic heterocycles. The van der Waals surface area contributed by atoms with Crippen LogP contribution < -0.4 is 5.46 Å². The molecular formula is C26H43BN2O7S. The van der Waals surface area contributed by atoms with Gasteiger partial charge >= 0.3 is 13.1 Å². The van der Waals surface area contributed by atoms with Gasteiger partial charge in [0.15, 0.2) is 4.75 Å². The largest absolute Gasteiger partial charge is 0.496 e. The maximum Gasteiger partial charge on any atom is 0.496 e. The molecule has 3 fully saturated rings. The van der Waals surface area contributed by atoms with Crippen LogP contribution in [-0.2, 0) is 23.6 Å². The second-order valence-electron chi connectivity index (χ2n) is 12.4. The molecule has 0 aliphatic carbocycles. The zero-order valence-corrected chi connectivity index (χ0v) is 24.1. The van der Waals surface area contributed by atoms with Crippen molar-refractivity contribution in [2.75, 3.05) is 26.3 Å². The van der Waals surface area contributed by atoms with Crippen molar-refractivity contribution >= 4 is 29.3 Å². The number of rotatable bonds is 5. The lowest BCUT2D eigenvalue weighted by Crippen LogP contribution is -2.55. The first-order valence-corrected chi connectivity index (χ1v) is 14.7. The highest BCUT2D eigenvalue weighted by molar-refractivity contribution is 8.24. The number of carbonyl (C=O) groups excluding carboxylic acids is 1. The van der Waals surface area contributed by atoms with Crippen LogP contribution in [0.3, 0.4) is 0 Å². The van der Waals surface area contributed by atoms with Crippen LogP contribution in [0.25, 0.3) is 0 Å². The Balaban J connectivity index is 1.43. The second-order valence-corrected chi connectivity index (χ2v) is 14.8. The monoisotopic (exact) mass is 538 g/mol. The smallest absolute Gasteiger partial charge is 0.458 e. The van der Waals surface area contributed by atoms with Gasteiger partial charge < -0.3 is 18.8 Å². The molecule has 3 saturated heterocycles. The summed E-state index contributed by atoms with van der Waals surface area (Å²) in [6.45, 7) is 15.0.